The van der Waals surface area contributed by atoms with E-state index in [-0.39, 0.29) is 0 Å². The highest BCUT2D eigenvalue weighted by atomic mass is 31.1. The standard InChI is InChI=1S/C30H25NP2/c1-5-15-25(16-6-1)32(26-17-7-2-8-18-26)30-24-14-13-23-29(30)31-33(27-19-9-3-10-20-27)28-21-11-4-12-22-28/h1-24,31H. The van der Waals surface area contributed by atoms with Crippen molar-refractivity contribution in [1.29, 1.82) is 0 Å². The molecule has 0 fully saturated rings. The van der Waals surface area contributed by atoms with E-state index in [1.54, 1.807) is 0 Å². The average Bonchev–Trinajstić information content (AvgIpc) is 2.90. The van der Waals surface area contributed by atoms with Crippen molar-refractivity contribution in [3.63, 3.8) is 0 Å². The lowest BCUT2D eigenvalue weighted by Crippen LogP contribution is -2.24. The number of anilines is 1. The van der Waals surface area contributed by atoms with Gasteiger partial charge in [-0.15, -0.1) is 0 Å². The van der Waals surface area contributed by atoms with Crippen LogP contribution in [0.2, 0.25) is 0 Å². The molecular formula is C30H25NP2. The number of hydrogen-bond acceptors (Lipinski definition) is 1. The summed E-state index contributed by atoms with van der Waals surface area (Å²) in [4.78, 5) is 0. The van der Waals surface area contributed by atoms with Gasteiger partial charge in [0.15, 0.2) is 0 Å². The second-order valence-electron chi connectivity index (χ2n) is 7.64. The zero-order valence-electron chi connectivity index (χ0n) is 18.3. The second kappa shape index (κ2) is 10.6. The fourth-order valence-electron chi connectivity index (χ4n) is 3.90. The fraction of sp³-hybridized carbons (Fsp3) is 0. The molecular weight excluding hydrogens is 436 g/mol. The molecule has 0 aliphatic carbocycles. The monoisotopic (exact) mass is 461 g/mol. The Hall–Kier alpha value is -3.24. The van der Waals surface area contributed by atoms with Crippen LogP contribution in [0.5, 0.6) is 0 Å². The minimum absolute atomic E-state index is 0.687. The van der Waals surface area contributed by atoms with E-state index in [0.29, 0.717) is 0 Å². The van der Waals surface area contributed by atoms with Crippen molar-refractivity contribution >= 4 is 48.2 Å². The van der Waals surface area contributed by atoms with Gasteiger partial charge in [0.25, 0.3) is 0 Å². The number of hydrogen-bond donors (Lipinski definition) is 1. The molecule has 5 aromatic carbocycles. The van der Waals surface area contributed by atoms with Gasteiger partial charge in [-0.2, -0.15) is 0 Å². The van der Waals surface area contributed by atoms with Gasteiger partial charge >= 0.3 is 0 Å². The Kier molecular flexibility index (Phi) is 6.93. The smallest absolute Gasteiger partial charge is 0.0523 e. The summed E-state index contributed by atoms with van der Waals surface area (Å²) in [6.45, 7) is 0. The van der Waals surface area contributed by atoms with E-state index in [2.05, 4.69) is 151 Å². The van der Waals surface area contributed by atoms with E-state index < -0.39 is 16.0 Å². The van der Waals surface area contributed by atoms with Gasteiger partial charge in [-0.25, -0.2) is 0 Å². The zero-order chi connectivity index (χ0) is 22.3. The molecule has 0 spiro atoms. The first-order valence-corrected chi connectivity index (χ1v) is 13.7. The summed E-state index contributed by atoms with van der Waals surface area (Å²) >= 11 is 0. The summed E-state index contributed by atoms with van der Waals surface area (Å²) < 4.78 is 0. The van der Waals surface area contributed by atoms with E-state index >= 15 is 0 Å². The Morgan fingerprint density at radius 3 is 1.18 bits per heavy atom. The van der Waals surface area contributed by atoms with Gasteiger partial charge < -0.3 is 5.09 Å². The van der Waals surface area contributed by atoms with E-state index in [0.717, 1.165) is 0 Å². The van der Waals surface area contributed by atoms with Crippen molar-refractivity contribution in [1.82, 2.24) is 0 Å². The molecule has 160 valence electrons. The molecule has 0 heterocycles. The fourth-order valence-corrected chi connectivity index (χ4v) is 8.32. The van der Waals surface area contributed by atoms with Crippen LogP contribution in [0.25, 0.3) is 0 Å². The zero-order valence-corrected chi connectivity index (χ0v) is 20.0. The first kappa shape index (κ1) is 21.6. The molecule has 5 rings (SSSR count). The van der Waals surface area contributed by atoms with Crippen LogP contribution in [0, 0.1) is 0 Å². The summed E-state index contributed by atoms with van der Waals surface area (Å²) in [5.74, 6) is 0. The number of nitrogens with one attached hydrogen (secondary N) is 1. The summed E-state index contributed by atoms with van der Waals surface area (Å²) in [5, 5.41) is 10.7. The molecule has 0 saturated heterocycles. The Labute approximate surface area is 198 Å². The van der Waals surface area contributed by atoms with E-state index in [4.69, 9.17) is 0 Å². The third-order valence-electron chi connectivity index (χ3n) is 5.43. The summed E-state index contributed by atoms with van der Waals surface area (Å²) in [7, 11) is -1.43. The molecule has 5 aromatic rings. The molecule has 0 saturated carbocycles. The lowest BCUT2D eigenvalue weighted by Gasteiger charge is -2.26. The van der Waals surface area contributed by atoms with Crippen molar-refractivity contribution in [2.24, 2.45) is 0 Å². The van der Waals surface area contributed by atoms with E-state index in [1.807, 2.05) is 0 Å². The van der Waals surface area contributed by atoms with Gasteiger partial charge in [0, 0.05) is 21.6 Å². The maximum absolute atomic E-state index is 3.98. The highest BCUT2D eigenvalue weighted by Gasteiger charge is 2.22. The van der Waals surface area contributed by atoms with Crippen molar-refractivity contribution in [2.45, 2.75) is 0 Å². The van der Waals surface area contributed by atoms with Crippen molar-refractivity contribution in [3.05, 3.63) is 146 Å². The Balaban J connectivity index is 1.61. The predicted octanol–water partition coefficient (Wildman–Crippen LogP) is 5.90. The molecule has 0 radical (unpaired) electrons. The molecule has 0 aliphatic rings. The van der Waals surface area contributed by atoms with Crippen LogP contribution >= 0.6 is 16.0 Å². The first-order valence-electron chi connectivity index (χ1n) is 11.1. The molecule has 1 N–H and O–H groups in total. The SMILES string of the molecule is c1ccc(P(Nc2ccccc2P(c2ccccc2)c2ccccc2)c2ccccc2)cc1. The van der Waals surface area contributed by atoms with Crippen LogP contribution in [0.3, 0.4) is 0 Å². The molecule has 0 amide bonds. The topological polar surface area (TPSA) is 12.0 Å². The molecule has 0 atom stereocenters. The van der Waals surface area contributed by atoms with Crippen molar-refractivity contribution < 1.29 is 0 Å². The third kappa shape index (κ3) is 5.07. The van der Waals surface area contributed by atoms with Crippen molar-refractivity contribution in [3.8, 4) is 0 Å². The van der Waals surface area contributed by atoms with E-state index in [9.17, 15) is 0 Å². The Bertz CT molecular complexity index is 1200. The molecule has 0 bridgehead atoms. The van der Waals surface area contributed by atoms with Crippen LogP contribution in [-0.2, 0) is 0 Å². The molecule has 1 nitrogen and oxygen atoms in total. The summed E-state index contributed by atoms with van der Waals surface area (Å²) in [6, 6.07) is 52.2. The molecule has 33 heavy (non-hydrogen) atoms. The summed E-state index contributed by atoms with van der Waals surface area (Å²) in [6.07, 6.45) is 0. The highest BCUT2D eigenvalue weighted by Crippen LogP contribution is 2.40. The number of rotatable bonds is 7. The Morgan fingerprint density at radius 2 is 0.727 bits per heavy atom. The number of benzene rings is 5. The first-order chi connectivity index (χ1) is 16.4. The molecule has 0 unspecified atom stereocenters. The largest absolute Gasteiger partial charge is 0.356 e. The van der Waals surface area contributed by atoms with Crippen LogP contribution < -0.4 is 31.6 Å². The van der Waals surface area contributed by atoms with Gasteiger partial charge in [-0.1, -0.05) is 140 Å². The highest BCUT2D eigenvalue weighted by molar-refractivity contribution is 7.80. The molecule has 0 aliphatic heterocycles. The average molecular weight is 461 g/mol. The number of para-hydroxylation sites is 1. The van der Waals surface area contributed by atoms with Crippen LogP contribution in [0.15, 0.2) is 146 Å². The third-order valence-corrected chi connectivity index (χ3v) is 10.0. The second-order valence-corrected chi connectivity index (χ2v) is 11.8. The Morgan fingerprint density at radius 1 is 0.364 bits per heavy atom. The molecule has 0 aromatic heterocycles. The quantitative estimate of drug-likeness (QED) is 0.298. The summed E-state index contributed by atoms with van der Waals surface area (Å²) in [5.41, 5.74) is 1.20. The van der Waals surface area contributed by atoms with Gasteiger partial charge in [0.1, 0.15) is 0 Å². The van der Waals surface area contributed by atoms with Gasteiger partial charge in [0.05, 0.1) is 8.07 Å². The minimum atomic E-state index is -0.746. The molecule has 3 heteroatoms. The lowest BCUT2D eigenvalue weighted by molar-refractivity contribution is 1.70. The van der Waals surface area contributed by atoms with E-state index in [1.165, 1.54) is 32.2 Å². The van der Waals surface area contributed by atoms with Crippen LogP contribution in [0.1, 0.15) is 0 Å². The lowest BCUT2D eigenvalue weighted by atomic mass is 10.3. The maximum atomic E-state index is 3.98. The minimum Gasteiger partial charge on any atom is -0.356 e. The predicted molar refractivity (Wildman–Crippen MR) is 148 cm³/mol. The normalized spacial score (nSPS) is 11.0. The maximum Gasteiger partial charge on any atom is 0.0523 e. The van der Waals surface area contributed by atoms with Crippen molar-refractivity contribution in [2.75, 3.05) is 5.09 Å². The van der Waals surface area contributed by atoms with Gasteiger partial charge in [-0.3, -0.25) is 0 Å². The van der Waals surface area contributed by atoms with Crippen LogP contribution in [-0.4, -0.2) is 0 Å². The van der Waals surface area contributed by atoms with Crippen LogP contribution in [0.4, 0.5) is 5.69 Å². The van der Waals surface area contributed by atoms with Gasteiger partial charge in [0.2, 0.25) is 0 Å². The van der Waals surface area contributed by atoms with Gasteiger partial charge in [-0.05, 0) is 24.6 Å².